The van der Waals surface area contributed by atoms with Crippen molar-refractivity contribution in [1.29, 1.82) is 0 Å². The number of thioether (sulfide) groups is 1. The third-order valence-corrected chi connectivity index (χ3v) is 4.48. The molecule has 1 saturated heterocycles. The van der Waals surface area contributed by atoms with Gasteiger partial charge in [-0.3, -0.25) is 4.79 Å². The highest BCUT2D eigenvalue weighted by Gasteiger charge is 2.22. The number of carbonyl (C=O) groups excluding carboxylic acids is 1. The van der Waals surface area contributed by atoms with Crippen molar-refractivity contribution in [2.24, 2.45) is 0 Å². The molecule has 1 aliphatic heterocycles. The number of halogens is 1. The molecule has 0 aliphatic carbocycles. The number of benzene rings is 1. The standard InChI is InChI=1S/C13H16ClNOS/c14-11-5-3-10(4-6-11)7-8-15-13(16)12-2-1-9-17-12/h3-6,12H,1-2,7-9H2,(H,15,16). The Morgan fingerprint density at radius 1 is 1.41 bits per heavy atom. The molecule has 2 nitrogen and oxygen atoms in total. The number of hydrogen-bond acceptors (Lipinski definition) is 2. The highest BCUT2D eigenvalue weighted by atomic mass is 35.5. The van der Waals surface area contributed by atoms with Crippen LogP contribution < -0.4 is 5.32 Å². The molecule has 92 valence electrons. The first-order valence-corrected chi connectivity index (χ1v) is 7.32. The average Bonchev–Trinajstić information content (AvgIpc) is 2.85. The minimum atomic E-state index is 0.181. The van der Waals surface area contributed by atoms with Crippen LogP contribution in [0.15, 0.2) is 24.3 Å². The molecule has 1 aromatic carbocycles. The van der Waals surface area contributed by atoms with Gasteiger partial charge in [-0.25, -0.2) is 0 Å². The summed E-state index contributed by atoms with van der Waals surface area (Å²) >= 11 is 7.58. The summed E-state index contributed by atoms with van der Waals surface area (Å²) < 4.78 is 0. The lowest BCUT2D eigenvalue weighted by atomic mass is 10.1. The van der Waals surface area contributed by atoms with Crippen LogP contribution in [0.3, 0.4) is 0 Å². The summed E-state index contributed by atoms with van der Waals surface area (Å²) in [4.78, 5) is 11.7. The number of nitrogens with one attached hydrogen (secondary N) is 1. The van der Waals surface area contributed by atoms with Crippen LogP contribution in [0.5, 0.6) is 0 Å². The van der Waals surface area contributed by atoms with E-state index in [1.54, 1.807) is 11.8 Å². The molecule has 1 aliphatic rings. The molecule has 0 bridgehead atoms. The van der Waals surface area contributed by atoms with E-state index in [9.17, 15) is 4.79 Å². The summed E-state index contributed by atoms with van der Waals surface area (Å²) in [6, 6.07) is 7.76. The normalized spacial score (nSPS) is 19.2. The van der Waals surface area contributed by atoms with Crippen molar-refractivity contribution in [3.63, 3.8) is 0 Å². The maximum Gasteiger partial charge on any atom is 0.233 e. The number of carbonyl (C=O) groups is 1. The van der Waals surface area contributed by atoms with Gasteiger partial charge in [0.05, 0.1) is 5.25 Å². The van der Waals surface area contributed by atoms with Crippen LogP contribution in [0.2, 0.25) is 5.02 Å². The van der Waals surface area contributed by atoms with Crippen molar-refractivity contribution < 1.29 is 4.79 Å². The van der Waals surface area contributed by atoms with Gasteiger partial charge in [-0.2, -0.15) is 0 Å². The fraction of sp³-hybridized carbons (Fsp3) is 0.462. The van der Waals surface area contributed by atoms with Gasteiger partial charge in [0.15, 0.2) is 0 Å². The van der Waals surface area contributed by atoms with Crippen LogP contribution in [-0.4, -0.2) is 23.5 Å². The third-order valence-electron chi connectivity index (χ3n) is 2.85. The second-order valence-electron chi connectivity index (χ2n) is 4.17. The summed E-state index contributed by atoms with van der Waals surface area (Å²) in [6.07, 6.45) is 3.05. The second-order valence-corrected chi connectivity index (χ2v) is 5.92. The molecule has 4 heteroatoms. The van der Waals surface area contributed by atoms with E-state index in [4.69, 9.17) is 11.6 Å². The van der Waals surface area contributed by atoms with Crippen LogP contribution >= 0.6 is 23.4 Å². The van der Waals surface area contributed by atoms with Gasteiger partial charge in [-0.15, -0.1) is 11.8 Å². The summed E-state index contributed by atoms with van der Waals surface area (Å²) in [6.45, 7) is 0.706. The van der Waals surface area contributed by atoms with Crippen molar-refractivity contribution in [3.8, 4) is 0 Å². The maximum absolute atomic E-state index is 11.7. The molecule has 2 rings (SSSR count). The fourth-order valence-corrected chi connectivity index (χ4v) is 3.19. The zero-order valence-electron chi connectivity index (χ0n) is 9.62. The topological polar surface area (TPSA) is 29.1 Å². The Labute approximate surface area is 111 Å². The van der Waals surface area contributed by atoms with E-state index in [0.717, 1.165) is 23.6 Å². The van der Waals surface area contributed by atoms with Gasteiger partial charge in [-0.1, -0.05) is 23.7 Å². The summed E-state index contributed by atoms with van der Waals surface area (Å²) in [5.41, 5.74) is 1.20. The molecule has 0 aromatic heterocycles. The molecule has 17 heavy (non-hydrogen) atoms. The molecule has 1 fully saturated rings. The molecular weight excluding hydrogens is 254 g/mol. The highest BCUT2D eigenvalue weighted by molar-refractivity contribution is 8.00. The van der Waals surface area contributed by atoms with Crippen LogP contribution in [0.1, 0.15) is 18.4 Å². The lowest BCUT2D eigenvalue weighted by Gasteiger charge is -2.09. The molecular formula is C13H16ClNOS. The lowest BCUT2D eigenvalue weighted by Crippen LogP contribution is -2.32. The van der Waals surface area contributed by atoms with Gasteiger partial charge in [0.25, 0.3) is 0 Å². The fourth-order valence-electron chi connectivity index (χ4n) is 1.88. The van der Waals surface area contributed by atoms with Gasteiger partial charge >= 0.3 is 0 Å². The lowest BCUT2D eigenvalue weighted by molar-refractivity contribution is -0.120. The van der Waals surface area contributed by atoms with Crippen LogP contribution in [0.4, 0.5) is 0 Å². The van der Waals surface area contributed by atoms with Crippen molar-refractivity contribution >= 4 is 29.3 Å². The molecule has 1 N–H and O–H groups in total. The molecule has 0 spiro atoms. The molecule has 0 saturated carbocycles. The molecule has 1 unspecified atom stereocenters. The van der Waals surface area contributed by atoms with Gasteiger partial charge in [0.1, 0.15) is 0 Å². The van der Waals surface area contributed by atoms with E-state index < -0.39 is 0 Å². The van der Waals surface area contributed by atoms with Gasteiger partial charge < -0.3 is 5.32 Å². The third kappa shape index (κ3) is 3.93. The first kappa shape index (κ1) is 12.8. The van der Waals surface area contributed by atoms with E-state index in [0.29, 0.717) is 6.54 Å². The number of amides is 1. The van der Waals surface area contributed by atoms with E-state index in [2.05, 4.69) is 5.32 Å². The predicted octanol–water partition coefficient (Wildman–Crippen LogP) is 2.89. The zero-order chi connectivity index (χ0) is 12.1. The minimum Gasteiger partial charge on any atom is -0.355 e. The Bertz CT molecular complexity index is 374. The summed E-state index contributed by atoms with van der Waals surface area (Å²) in [5.74, 6) is 1.32. The quantitative estimate of drug-likeness (QED) is 0.911. The van der Waals surface area contributed by atoms with Crippen molar-refractivity contribution in [3.05, 3.63) is 34.9 Å². The Morgan fingerprint density at radius 3 is 2.82 bits per heavy atom. The Hall–Kier alpha value is -0.670. The Kier molecular flexibility index (Phi) is 4.75. The van der Waals surface area contributed by atoms with E-state index in [-0.39, 0.29) is 11.2 Å². The minimum absolute atomic E-state index is 0.181. The van der Waals surface area contributed by atoms with Crippen molar-refractivity contribution in [1.82, 2.24) is 5.32 Å². The predicted molar refractivity (Wildman–Crippen MR) is 73.6 cm³/mol. The maximum atomic E-state index is 11.7. The largest absolute Gasteiger partial charge is 0.355 e. The smallest absolute Gasteiger partial charge is 0.233 e. The highest BCUT2D eigenvalue weighted by Crippen LogP contribution is 2.25. The average molecular weight is 270 g/mol. The molecule has 1 amide bonds. The van der Waals surface area contributed by atoms with Crippen LogP contribution in [0, 0.1) is 0 Å². The molecule has 1 heterocycles. The molecule has 1 atom stereocenters. The van der Waals surface area contributed by atoms with E-state index in [1.807, 2.05) is 24.3 Å². The van der Waals surface area contributed by atoms with Gasteiger partial charge in [0, 0.05) is 11.6 Å². The first-order valence-electron chi connectivity index (χ1n) is 5.89. The van der Waals surface area contributed by atoms with Crippen LogP contribution in [0.25, 0.3) is 0 Å². The molecule has 0 radical (unpaired) electrons. The SMILES string of the molecule is O=C(NCCc1ccc(Cl)cc1)C1CCCS1. The summed E-state index contributed by atoms with van der Waals surface area (Å²) in [5, 5.41) is 3.93. The number of rotatable bonds is 4. The second kappa shape index (κ2) is 6.31. The van der Waals surface area contributed by atoms with Crippen molar-refractivity contribution in [2.45, 2.75) is 24.5 Å². The van der Waals surface area contributed by atoms with E-state index >= 15 is 0 Å². The number of hydrogen-bond donors (Lipinski definition) is 1. The zero-order valence-corrected chi connectivity index (χ0v) is 11.2. The van der Waals surface area contributed by atoms with Crippen LogP contribution in [-0.2, 0) is 11.2 Å². The monoisotopic (exact) mass is 269 g/mol. The summed E-state index contributed by atoms with van der Waals surface area (Å²) in [7, 11) is 0. The van der Waals surface area contributed by atoms with E-state index in [1.165, 1.54) is 12.0 Å². The Balaban J connectivity index is 1.72. The Morgan fingerprint density at radius 2 is 2.18 bits per heavy atom. The van der Waals surface area contributed by atoms with Gasteiger partial charge in [0.2, 0.25) is 5.91 Å². The first-order chi connectivity index (χ1) is 8.25. The van der Waals surface area contributed by atoms with Crippen molar-refractivity contribution in [2.75, 3.05) is 12.3 Å². The molecule has 1 aromatic rings. The van der Waals surface area contributed by atoms with Gasteiger partial charge in [-0.05, 0) is 42.7 Å².